The number of halogens is 7. The molecule has 49 heavy (non-hydrogen) atoms. The molecule has 5 heterocycles. The molecule has 0 bridgehead atoms. The van der Waals surface area contributed by atoms with Crippen molar-refractivity contribution in [3.05, 3.63) is 80.3 Å². The Morgan fingerprint density at radius 2 is 1.80 bits per heavy atom. The molecule has 3 aromatic rings. The van der Waals surface area contributed by atoms with Crippen LogP contribution in [0.25, 0.3) is 0 Å². The predicted molar refractivity (Wildman–Crippen MR) is 168 cm³/mol. The van der Waals surface area contributed by atoms with Crippen molar-refractivity contribution in [3.8, 4) is 5.75 Å². The molecular formula is C33H33ClF6N4O4S. The molecule has 2 saturated heterocycles. The number of hydrogen-bond donors (Lipinski definition) is 0. The number of carbonyl (C=O) groups is 2. The van der Waals surface area contributed by atoms with Crippen LogP contribution in [0.5, 0.6) is 5.75 Å². The largest absolute Gasteiger partial charge is 0.474 e. The Morgan fingerprint density at radius 1 is 1.02 bits per heavy atom. The Morgan fingerprint density at radius 3 is 2.51 bits per heavy atom. The quantitative estimate of drug-likeness (QED) is 0.257. The van der Waals surface area contributed by atoms with Crippen molar-refractivity contribution in [2.45, 2.75) is 56.2 Å². The van der Waals surface area contributed by atoms with Gasteiger partial charge in [0.1, 0.15) is 10.6 Å². The van der Waals surface area contributed by atoms with E-state index in [1.807, 2.05) is 6.07 Å². The zero-order chi connectivity index (χ0) is 35.0. The van der Waals surface area contributed by atoms with Crippen molar-refractivity contribution in [2.75, 3.05) is 45.9 Å². The van der Waals surface area contributed by atoms with E-state index in [9.17, 15) is 35.9 Å². The summed E-state index contributed by atoms with van der Waals surface area (Å²) in [5.74, 6) is -1.76. The summed E-state index contributed by atoms with van der Waals surface area (Å²) in [4.78, 5) is 36.8. The number of thiophene rings is 1. The molecule has 0 spiro atoms. The van der Waals surface area contributed by atoms with Crippen molar-refractivity contribution in [1.29, 1.82) is 0 Å². The van der Waals surface area contributed by atoms with Gasteiger partial charge in [-0.05, 0) is 48.6 Å². The lowest BCUT2D eigenvalue weighted by Gasteiger charge is -2.50. The number of amides is 2. The fourth-order valence-electron chi connectivity index (χ4n) is 6.92. The average molecular weight is 731 g/mol. The van der Waals surface area contributed by atoms with Gasteiger partial charge in [-0.15, -0.1) is 11.3 Å². The normalized spacial score (nSPS) is 22.1. The van der Waals surface area contributed by atoms with Gasteiger partial charge in [0.25, 0.3) is 11.8 Å². The molecule has 0 aliphatic carbocycles. The summed E-state index contributed by atoms with van der Waals surface area (Å²) in [6, 6.07) is 5.70. The first-order chi connectivity index (χ1) is 23.3. The maximum absolute atomic E-state index is 14.9. The van der Waals surface area contributed by atoms with E-state index in [-0.39, 0.29) is 44.6 Å². The lowest BCUT2D eigenvalue weighted by molar-refractivity contribution is -0.160. The number of aromatic nitrogens is 1. The monoisotopic (exact) mass is 730 g/mol. The van der Waals surface area contributed by atoms with Crippen LogP contribution in [0.15, 0.2) is 48.1 Å². The Hall–Kier alpha value is -3.40. The molecule has 2 fully saturated rings. The number of pyridine rings is 1. The van der Waals surface area contributed by atoms with Gasteiger partial charge in [0.15, 0.2) is 0 Å². The van der Waals surface area contributed by atoms with E-state index in [1.165, 1.54) is 4.90 Å². The molecule has 0 saturated carbocycles. The summed E-state index contributed by atoms with van der Waals surface area (Å²) in [5.41, 5.74) is -2.02. The number of nitrogens with zero attached hydrogens (tertiary/aromatic N) is 4. The molecular weight excluding hydrogens is 698 g/mol. The fraction of sp³-hybridized carbons (Fsp3) is 0.485. The van der Waals surface area contributed by atoms with Crippen LogP contribution in [0.2, 0.25) is 5.02 Å². The van der Waals surface area contributed by atoms with Gasteiger partial charge in [-0.25, -0.2) is 0 Å². The van der Waals surface area contributed by atoms with Gasteiger partial charge in [-0.1, -0.05) is 17.7 Å². The number of hydrogen-bond acceptors (Lipinski definition) is 7. The molecule has 2 atom stereocenters. The fourth-order valence-corrected chi connectivity index (χ4v) is 7.79. The number of ether oxygens (including phenoxy) is 2. The summed E-state index contributed by atoms with van der Waals surface area (Å²) in [5, 5.41) is 1.70. The Kier molecular flexibility index (Phi) is 10.2. The summed E-state index contributed by atoms with van der Waals surface area (Å²) >= 11 is 6.60. The summed E-state index contributed by atoms with van der Waals surface area (Å²) in [6.07, 6.45) is -7.04. The van der Waals surface area contributed by atoms with Gasteiger partial charge in [-0.2, -0.15) is 26.3 Å². The van der Waals surface area contributed by atoms with Gasteiger partial charge in [0.05, 0.1) is 30.4 Å². The molecule has 6 rings (SSSR count). The van der Waals surface area contributed by atoms with Gasteiger partial charge in [-0.3, -0.25) is 19.5 Å². The molecule has 2 amide bonds. The Balaban J connectivity index is 1.44. The van der Waals surface area contributed by atoms with Crippen LogP contribution < -0.4 is 4.74 Å². The van der Waals surface area contributed by atoms with E-state index < -0.39 is 51.8 Å². The second-order valence-corrected chi connectivity index (χ2v) is 13.7. The Labute approximate surface area is 287 Å². The topological polar surface area (TPSA) is 75.2 Å². The summed E-state index contributed by atoms with van der Waals surface area (Å²) < 4.78 is 95.3. The zero-order valence-electron chi connectivity index (χ0n) is 26.2. The number of rotatable bonds is 7. The highest BCUT2D eigenvalue weighted by Crippen LogP contribution is 2.43. The standard InChI is InChI=1S/C33H33ClF6N4O4S/c34-23-3-2-22-19-43(11-5-21(22)16-23)30(46)31(48-24-17-28(49-20-24)33(38,39)40)7-1-9-44(27(31)6-10-42-12-14-47-15-13-42)29(45)25-18-41-8-4-26(25)32(35,36)37/h2-4,8,16-18,20,27H,1,5-7,9-15,19H2/t27-,31+/m1/s1. The molecule has 264 valence electrons. The molecule has 3 aliphatic rings. The molecule has 16 heteroatoms. The molecule has 1 aromatic carbocycles. The second-order valence-electron chi connectivity index (χ2n) is 12.3. The molecule has 3 aliphatic heterocycles. The first-order valence-corrected chi connectivity index (χ1v) is 17.1. The van der Waals surface area contributed by atoms with Crippen molar-refractivity contribution >= 4 is 34.8 Å². The van der Waals surface area contributed by atoms with Crippen molar-refractivity contribution in [3.63, 3.8) is 0 Å². The van der Waals surface area contributed by atoms with Crippen LogP contribution in [-0.2, 0) is 34.8 Å². The molecule has 0 radical (unpaired) electrons. The number of piperidine rings is 1. The number of morpholine rings is 1. The molecule has 0 unspecified atom stereocenters. The predicted octanol–water partition coefficient (Wildman–Crippen LogP) is 6.56. The number of fused-ring (bicyclic) bond motifs is 1. The Bertz CT molecular complexity index is 1680. The number of likely N-dealkylation sites (tertiary alicyclic amines) is 1. The van der Waals surface area contributed by atoms with Gasteiger partial charge in [0.2, 0.25) is 5.60 Å². The summed E-state index contributed by atoms with van der Waals surface area (Å²) in [7, 11) is 0. The van der Waals surface area contributed by atoms with E-state index in [4.69, 9.17) is 21.1 Å². The number of carbonyl (C=O) groups excluding carboxylic acids is 2. The van der Waals surface area contributed by atoms with Crippen LogP contribution in [0.4, 0.5) is 26.3 Å². The van der Waals surface area contributed by atoms with Crippen LogP contribution in [0.1, 0.15) is 51.2 Å². The molecule has 0 N–H and O–H groups in total. The maximum Gasteiger partial charge on any atom is 0.425 e. The number of alkyl halides is 6. The third-order valence-electron chi connectivity index (χ3n) is 9.29. The maximum atomic E-state index is 14.9. The van der Waals surface area contributed by atoms with Gasteiger partial charge in [0, 0.05) is 74.6 Å². The third kappa shape index (κ3) is 7.54. The highest BCUT2D eigenvalue weighted by atomic mass is 35.5. The average Bonchev–Trinajstić information content (AvgIpc) is 3.56. The van der Waals surface area contributed by atoms with Crippen LogP contribution in [0.3, 0.4) is 0 Å². The van der Waals surface area contributed by atoms with E-state index in [0.717, 1.165) is 41.0 Å². The minimum Gasteiger partial charge on any atom is -0.474 e. The minimum absolute atomic E-state index is 0.00400. The van der Waals surface area contributed by atoms with E-state index in [0.29, 0.717) is 55.6 Å². The van der Waals surface area contributed by atoms with Crippen LogP contribution >= 0.6 is 22.9 Å². The van der Waals surface area contributed by atoms with E-state index in [1.54, 1.807) is 17.0 Å². The minimum atomic E-state index is -4.87. The van der Waals surface area contributed by atoms with Crippen LogP contribution in [0, 0.1) is 0 Å². The smallest absolute Gasteiger partial charge is 0.425 e. The van der Waals surface area contributed by atoms with Crippen molar-refractivity contribution in [2.24, 2.45) is 0 Å². The van der Waals surface area contributed by atoms with E-state index >= 15 is 0 Å². The summed E-state index contributed by atoms with van der Waals surface area (Å²) in [6.45, 7) is 2.71. The highest BCUT2D eigenvalue weighted by Gasteiger charge is 2.56. The van der Waals surface area contributed by atoms with E-state index in [2.05, 4.69) is 9.88 Å². The molecule has 2 aromatic heterocycles. The SMILES string of the molecule is O=C(c1cnccc1C(F)(F)F)N1CCC[C@@](Oc2csc(C(F)(F)F)c2)(C(=O)N2CCc3cc(Cl)ccc3C2)[C@H]1CCN1CCOCC1. The van der Waals surface area contributed by atoms with Gasteiger partial charge < -0.3 is 19.3 Å². The van der Waals surface area contributed by atoms with Crippen molar-refractivity contribution < 1.29 is 45.4 Å². The van der Waals surface area contributed by atoms with Crippen molar-refractivity contribution in [1.82, 2.24) is 19.7 Å². The lowest BCUT2D eigenvalue weighted by Crippen LogP contribution is -2.68. The third-order valence-corrected chi connectivity index (χ3v) is 10.5. The second kappa shape index (κ2) is 14.1. The zero-order valence-corrected chi connectivity index (χ0v) is 27.7. The highest BCUT2D eigenvalue weighted by molar-refractivity contribution is 7.10. The first-order valence-electron chi connectivity index (χ1n) is 15.8. The van der Waals surface area contributed by atoms with Crippen LogP contribution in [-0.4, -0.2) is 89.1 Å². The first kappa shape index (κ1) is 35.4. The molecule has 8 nitrogen and oxygen atoms in total. The number of benzene rings is 1. The lowest BCUT2D eigenvalue weighted by atomic mass is 9.79. The van der Waals surface area contributed by atoms with Gasteiger partial charge >= 0.3 is 12.4 Å².